The number of carbonyl (C=O) groups excluding carboxylic acids is 2. The molecular weight excluding hydrogens is 456 g/mol. The highest BCUT2D eigenvalue weighted by Gasteiger charge is 2.60. The van der Waals surface area contributed by atoms with Crippen molar-refractivity contribution in [2.75, 3.05) is 20.8 Å². The standard InChI is InChI=1S/C26H25ClN2O5/c1-14-10-16(28-9-8-15-13-29-18-7-5-4-6-17(15)18)11-21(30)26(14)25(31)22-19(32-2)12-20(33-3)23(27)24(22)34-26/h4-7,11-14,28-29H,8-10H2,1-3H3. The lowest BCUT2D eigenvalue weighted by molar-refractivity contribution is -0.129. The number of aromatic amines is 1. The fourth-order valence-electron chi connectivity index (χ4n) is 4.95. The molecule has 0 saturated carbocycles. The molecule has 1 aliphatic heterocycles. The summed E-state index contributed by atoms with van der Waals surface area (Å²) >= 11 is 6.43. The summed E-state index contributed by atoms with van der Waals surface area (Å²) in [5.41, 5.74) is 1.61. The number of fused-ring (bicyclic) bond motifs is 2. The van der Waals surface area contributed by atoms with Gasteiger partial charge in [-0.25, -0.2) is 0 Å². The quantitative estimate of drug-likeness (QED) is 0.506. The van der Waals surface area contributed by atoms with E-state index in [2.05, 4.69) is 16.4 Å². The molecule has 3 aromatic rings. The van der Waals surface area contributed by atoms with Gasteiger partial charge in [0.25, 0.3) is 0 Å². The summed E-state index contributed by atoms with van der Waals surface area (Å²) in [6.45, 7) is 2.50. The van der Waals surface area contributed by atoms with Gasteiger partial charge in [0.2, 0.25) is 17.2 Å². The number of nitrogens with one attached hydrogen (secondary N) is 2. The lowest BCUT2D eigenvalue weighted by Crippen LogP contribution is -2.55. The van der Waals surface area contributed by atoms with Gasteiger partial charge in [0.1, 0.15) is 22.1 Å². The number of halogens is 1. The molecule has 0 amide bonds. The van der Waals surface area contributed by atoms with E-state index in [1.165, 1.54) is 37.3 Å². The van der Waals surface area contributed by atoms with Crippen LogP contribution in [0.3, 0.4) is 0 Å². The molecule has 7 nitrogen and oxygen atoms in total. The maximum absolute atomic E-state index is 13.5. The normalized spacial score (nSPS) is 21.4. The predicted octanol–water partition coefficient (Wildman–Crippen LogP) is 4.48. The van der Waals surface area contributed by atoms with Crippen molar-refractivity contribution in [2.45, 2.75) is 25.4 Å². The van der Waals surface area contributed by atoms with Gasteiger partial charge in [0.15, 0.2) is 5.75 Å². The van der Waals surface area contributed by atoms with E-state index in [0.29, 0.717) is 18.7 Å². The molecule has 0 bridgehead atoms. The second-order valence-corrected chi connectivity index (χ2v) is 9.02. The summed E-state index contributed by atoms with van der Waals surface area (Å²) in [5, 5.41) is 4.71. The molecule has 1 aliphatic carbocycles. The molecule has 1 spiro atoms. The summed E-state index contributed by atoms with van der Waals surface area (Å²) in [6.07, 6.45) is 4.77. The number of ketones is 2. The first-order valence-corrected chi connectivity index (χ1v) is 11.5. The van der Waals surface area contributed by atoms with Crippen LogP contribution in [0.2, 0.25) is 5.02 Å². The van der Waals surface area contributed by atoms with E-state index in [4.69, 9.17) is 25.8 Å². The highest BCUT2D eigenvalue weighted by molar-refractivity contribution is 6.36. The number of H-pyrrole nitrogens is 1. The zero-order valence-electron chi connectivity index (χ0n) is 19.2. The SMILES string of the molecule is COc1cc(OC)c2c(c1Cl)OC1(C(=O)C=C(NCCc3c[nH]c4ccccc34)CC1C)C2=O. The number of aromatic nitrogens is 1. The van der Waals surface area contributed by atoms with Gasteiger partial charge in [-0.3, -0.25) is 9.59 Å². The Morgan fingerprint density at radius 2 is 1.97 bits per heavy atom. The number of hydrogen-bond donors (Lipinski definition) is 2. The van der Waals surface area contributed by atoms with Crippen LogP contribution >= 0.6 is 11.6 Å². The van der Waals surface area contributed by atoms with Crippen LogP contribution in [0.25, 0.3) is 10.9 Å². The molecule has 0 fully saturated rings. The highest BCUT2D eigenvalue weighted by atomic mass is 35.5. The van der Waals surface area contributed by atoms with Crippen molar-refractivity contribution in [3.63, 3.8) is 0 Å². The Morgan fingerprint density at radius 3 is 2.71 bits per heavy atom. The van der Waals surface area contributed by atoms with Crippen molar-refractivity contribution in [2.24, 2.45) is 5.92 Å². The third-order valence-electron chi connectivity index (χ3n) is 6.73. The van der Waals surface area contributed by atoms with Crippen molar-refractivity contribution in [1.29, 1.82) is 0 Å². The van der Waals surface area contributed by atoms with Crippen molar-refractivity contribution >= 4 is 34.1 Å². The molecule has 5 rings (SSSR count). The second-order valence-electron chi connectivity index (χ2n) is 8.64. The lowest BCUT2D eigenvalue weighted by Gasteiger charge is -2.35. The third-order valence-corrected chi connectivity index (χ3v) is 7.09. The largest absolute Gasteiger partial charge is 0.496 e. The number of methoxy groups -OCH3 is 2. The molecule has 8 heteroatoms. The van der Waals surface area contributed by atoms with Gasteiger partial charge in [0.05, 0.1) is 14.2 Å². The highest BCUT2D eigenvalue weighted by Crippen LogP contribution is 2.52. The Hall–Kier alpha value is -3.45. The molecule has 0 radical (unpaired) electrons. The van der Waals surface area contributed by atoms with E-state index < -0.39 is 23.1 Å². The zero-order valence-corrected chi connectivity index (χ0v) is 19.9. The summed E-state index contributed by atoms with van der Waals surface area (Å²) < 4.78 is 16.8. The molecule has 176 valence electrons. The second kappa shape index (κ2) is 8.40. The smallest absolute Gasteiger partial charge is 0.236 e. The molecule has 0 saturated heterocycles. The van der Waals surface area contributed by atoms with Crippen LogP contribution in [0.1, 0.15) is 29.3 Å². The van der Waals surface area contributed by atoms with Gasteiger partial charge in [0, 0.05) is 47.4 Å². The van der Waals surface area contributed by atoms with Gasteiger partial charge in [-0.2, -0.15) is 0 Å². The first kappa shape index (κ1) is 22.3. The number of hydrogen-bond acceptors (Lipinski definition) is 6. The number of benzene rings is 2. The van der Waals surface area contributed by atoms with Crippen LogP contribution in [0.5, 0.6) is 17.2 Å². The summed E-state index contributed by atoms with van der Waals surface area (Å²) in [5.74, 6) is -0.535. The third kappa shape index (κ3) is 3.26. The number of allylic oxidation sites excluding steroid dienone is 1. The molecule has 2 aliphatic rings. The first-order valence-electron chi connectivity index (χ1n) is 11.1. The molecule has 2 N–H and O–H groups in total. The van der Waals surface area contributed by atoms with Crippen LogP contribution in [0, 0.1) is 5.92 Å². The molecule has 2 unspecified atom stereocenters. The molecular formula is C26H25ClN2O5. The van der Waals surface area contributed by atoms with Crippen molar-refractivity contribution < 1.29 is 23.8 Å². The number of rotatable bonds is 6. The van der Waals surface area contributed by atoms with E-state index in [1.54, 1.807) is 0 Å². The molecule has 34 heavy (non-hydrogen) atoms. The van der Waals surface area contributed by atoms with Crippen molar-refractivity contribution in [1.82, 2.24) is 10.3 Å². The zero-order chi connectivity index (χ0) is 24.0. The summed E-state index contributed by atoms with van der Waals surface area (Å²) in [4.78, 5) is 30.2. The molecule has 1 aromatic heterocycles. The maximum Gasteiger partial charge on any atom is 0.236 e. The van der Waals surface area contributed by atoms with Gasteiger partial charge in [-0.1, -0.05) is 36.7 Å². The minimum Gasteiger partial charge on any atom is -0.496 e. The number of Topliss-reactive ketones (excluding diaryl/α,β-unsaturated/α-hetero) is 1. The van der Waals surface area contributed by atoms with Crippen LogP contribution in [0.15, 0.2) is 48.3 Å². The fraction of sp³-hybridized carbons (Fsp3) is 0.308. The fourth-order valence-corrected chi connectivity index (χ4v) is 5.21. The molecule has 2 aromatic carbocycles. The predicted molar refractivity (Wildman–Crippen MR) is 129 cm³/mol. The van der Waals surface area contributed by atoms with E-state index in [0.717, 1.165) is 17.6 Å². The average molecular weight is 481 g/mol. The first-order chi connectivity index (χ1) is 16.4. The van der Waals surface area contributed by atoms with Gasteiger partial charge in [-0.05, 0) is 24.5 Å². The number of carbonyl (C=O) groups is 2. The van der Waals surface area contributed by atoms with Crippen LogP contribution in [-0.4, -0.2) is 42.9 Å². The van der Waals surface area contributed by atoms with E-state index in [-0.39, 0.29) is 22.1 Å². The van der Waals surface area contributed by atoms with Gasteiger partial charge in [-0.15, -0.1) is 0 Å². The Kier molecular flexibility index (Phi) is 5.52. The minimum atomic E-state index is -1.66. The van der Waals surface area contributed by atoms with Gasteiger partial charge < -0.3 is 24.5 Å². The summed E-state index contributed by atoms with van der Waals surface area (Å²) in [6, 6.07) is 9.69. The Bertz CT molecular complexity index is 1340. The Labute approximate surface area is 202 Å². The maximum atomic E-state index is 13.5. The average Bonchev–Trinajstić information content (AvgIpc) is 3.38. The van der Waals surface area contributed by atoms with E-state index >= 15 is 0 Å². The van der Waals surface area contributed by atoms with Crippen LogP contribution < -0.4 is 19.5 Å². The number of ether oxygens (including phenoxy) is 3. The van der Waals surface area contributed by atoms with Crippen LogP contribution in [0.4, 0.5) is 0 Å². The molecule has 2 heterocycles. The van der Waals surface area contributed by atoms with E-state index in [1.807, 2.05) is 31.3 Å². The lowest BCUT2D eigenvalue weighted by atomic mass is 9.74. The van der Waals surface area contributed by atoms with Crippen molar-refractivity contribution in [3.8, 4) is 17.2 Å². The summed E-state index contributed by atoms with van der Waals surface area (Å²) in [7, 11) is 2.91. The minimum absolute atomic E-state index is 0.132. The Morgan fingerprint density at radius 1 is 1.21 bits per heavy atom. The topological polar surface area (TPSA) is 89.7 Å². The van der Waals surface area contributed by atoms with E-state index in [9.17, 15) is 9.59 Å². The van der Waals surface area contributed by atoms with Crippen LogP contribution in [-0.2, 0) is 11.2 Å². The monoisotopic (exact) mass is 480 g/mol. The molecule has 2 atom stereocenters. The van der Waals surface area contributed by atoms with Gasteiger partial charge >= 0.3 is 0 Å². The number of para-hydroxylation sites is 1. The van der Waals surface area contributed by atoms with Crippen molar-refractivity contribution in [3.05, 3.63) is 64.5 Å². The Balaban J connectivity index is 1.37.